The molecule has 3 fully saturated rings. The zero-order valence-corrected chi connectivity index (χ0v) is 13.2. The van der Waals surface area contributed by atoms with Gasteiger partial charge in [-0.05, 0) is 37.1 Å². The predicted molar refractivity (Wildman–Crippen MR) is 76.9 cm³/mol. The number of epoxide rings is 1. The van der Waals surface area contributed by atoms with Gasteiger partial charge < -0.3 is 9.47 Å². The van der Waals surface area contributed by atoms with Crippen LogP contribution in [0.25, 0.3) is 0 Å². The SMILES string of the molecule is CC1(C)C(=O)CC[C@]2(C)[C@@H](c3ccsc3)OC(=O)[C@@H]3O[C@]312. The summed E-state index contributed by atoms with van der Waals surface area (Å²) >= 11 is 1.59. The van der Waals surface area contributed by atoms with Crippen LogP contribution in [0.4, 0.5) is 0 Å². The van der Waals surface area contributed by atoms with E-state index in [4.69, 9.17) is 9.47 Å². The summed E-state index contributed by atoms with van der Waals surface area (Å²) in [5, 5.41) is 4.00. The molecule has 0 amide bonds. The summed E-state index contributed by atoms with van der Waals surface area (Å²) in [7, 11) is 0. The summed E-state index contributed by atoms with van der Waals surface area (Å²) in [6.45, 7) is 5.93. The Morgan fingerprint density at radius 3 is 2.67 bits per heavy atom. The lowest BCUT2D eigenvalue weighted by Gasteiger charge is -2.52. The lowest BCUT2D eigenvalue weighted by molar-refractivity contribution is -0.180. The molecule has 21 heavy (non-hydrogen) atoms. The Labute approximate surface area is 127 Å². The van der Waals surface area contributed by atoms with Gasteiger partial charge in [-0.2, -0.15) is 11.3 Å². The molecule has 1 spiro atoms. The number of carbonyl (C=O) groups is 2. The second-order valence-corrected chi connectivity index (χ2v) is 7.85. The van der Waals surface area contributed by atoms with Crippen molar-refractivity contribution < 1.29 is 19.1 Å². The number of hydrogen-bond acceptors (Lipinski definition) is 5. The fourth-order valence-corrected chi connectivity index (χ4v) is 5.24. The van der Waals surface area contributed by atoms with Crippen molar-refractivity contribution in [1.29, 1.82) is 0 Å². The third-order valence-electron chi connectivity index (χ3n) is 5.83. The van der Waals surface area contributed by atoms with E-state index >= 15 is 0 Å². The number of esters is 1. The molecule has 5 heteroatoms. The minimum absolute atomic E-state index is 0.182. The van der Waals surface area contributed by atoms with Crippen molar-refractivity contribution in [3.05, 3.63) is 22.4 Å². The Morgan fingerprint density at radius 2 is 2.00 bits per heavy atom. The van der Waals surface area contributed by atoms with Gasteiger partial charge in [0, 0.05) is 17.4 Å². The average Bonchev–Trinajstić information content (AvgIpc) is 3.02. The van der Waals surface area contributed by atoms with E-state index < -0.39 is 17.1 Å². The van der Waals surface area contributed by atoms with Crippen LogP contribution in [0.15, 0.2) is 16.8 Å². The van der Waals surface area contributed by atoms with Gasteiger partial charge in [0.1, 0.15) is 17.5 Å². The number of Topliss-reactive ketones (excluding diaryl/α,β-unsaturated/α-hetero) is 1. The first-order valence-electron chi connectivity index (χ1n) is 7.28. The van der Waals surface area contributed by atoms with Crippen LogP contribution >= 0.6 is 11.3 Å². The Balaban J connectivity index is 1.88. The Morgan fingerprint density at radius 1 is 1.24 bits per heavy atom. The first kappa shape index (κ1) is 13.5. The Bertz CT molecular complexity index is 635. The number of rotatable bonds is 1. The molecule has 3 aliphatic rings. The van der Waals surface area contributed by atoms with Crippen LogP contribution in [0, 0.1) is 10.8 Å². The average molecular weight is 306 g/mol. The number of thiophene rings is 1. The van der Waals surface area contributed by atoms with E-state index in [9.17, 15) is 9.59 Å². The van der Waals surface area contributed by atoms with Gasteiger partial charge in [0.05, 0.1) is 5.41 Å². The summed E-state index contributed by atoms with van der Waals surface area (Å²) in [4.78, 5) is 24.7. The van der Waals surface area contributed by atoms with Crippen LogP contribution in [-0.4, -0.2) is 23.5 Å². The molecule has 0 aromatic carbocycles. The van der Waals surface area contributed by atoms with Crippen LogP contribution in [-0.2, 0) is 19.1 Å². The summed E-state index contributed by atoms with van der Waals surface area (Å²) in [5.41, 5.74) is -0.714. The van der Waals surface area contributed by atoms with E-state index in [-0.39, 0.29) is 23.3 Å². The largest absolute Gasteiger partial charge is 0.455 e. The van der Waals surface area contributed by atoms with Crippen molar-refractivity contribution in [2.75, 3.05) is 0 Å². The van der Waals surface area contributed by atoms with Gasteiger partial charge in [-0.15, -0.1) is 0 Å². The van der Waals surface area contributed by atoms with Gasteiger partial charge >= 0.3 is 5.97 Å². The summed E-state index contributed by atoms with van der Waals surface area (Å²) in [6.07, 6.45) is 0.290. The van der Waals surface area contributed by atoms with E-state index in [2.05, 4.69) is 6.92 Å². The van der Waals surface area contributed by atoms with Crippen molar-refractivity contribution >= 4 is 23.1 Å². The van der Waals surface area contributed by atoms with Gasteiger partial charge in [0.25, 0.3) is 0 Å². The van der Waals surface area contributed by atoms with Gasteiger partial charge in [-0.3, -0.25) is 4.79 Å². The van der Waals surface area contributed by atoms with Gasteiger partial charge in [-0.1, -0.05) is 6.92 Å². The highest BCUT2D eigenvalue weighted by atomic mass is 32.1. The molecular formula is C16H18O4S. The predicted octanol–water partition coefficient (Wildman–Crippen LogP) is 2.88. The molecule has 0 N–H and O–H groups in total. The molecule has 1 aliphatic carbocycles. The number of cyclic esters (lactones) is 1. The van der Waals surface area contributed by atoms with Crippen molar-refractivity contribution in [3.8, 4) is 0 Å². The second kappa shape index (κ2) is 3.76. The third-order valence-corrected chi connectivity index (χ3v) is 6.54. The zero-order valence-electron chi connectivity index (χ0n) is 12.3. The van der Waals surface area contributed by atoms with Crippen molar-refractivity contribution in [1.82, 2.24) is 0 Å². The highest BCUT2D eigenvalue weighted by Crippen LogP contribution is 2.71. The molecule has 0 radical (unpaired) electrons. The smallest absolute Gasteiger partial charge is 0.339 e. The van der Waals surface area contributed by atoms with Crippen LogP contribution in [0.3, 0.4) is 0 Å². The lowest BCUT2D eigenvalue weighted by Crippen LogP contribution is -2.62. The standard InChI is InChI=1S/C16H18O4S/c1-14(2)10(17)4-6-15(3)11(9-5-7-21-8-9)19-13(18)12-16(14,15)20-12/h5,7-8,11-12H,4,6H2,1-3H3/t11-,12+,15-,16-/m1/s1. The van der Waals surface area contributed by atoms with Crippen molar-refractivity contribution in [3.63, 3.8) is 0 Å². The fourth-order valence-electron chi connectivity index (χ4n) is 4.56. The normalized spacial score (nSPS) is 43.8. The quantitative estimate of drug-likeness (QED) is 0.591. The molecule has 0 unspecified atom stereocenters. The summed E-state index contributed by atoms with van der Waals surface area (Å²) < 4.78 is 11.6. The second-order valence-electron chi connectivity index (χ2n) is 7.07. The minimum atomic E-state index is -0.711. The minimum Gasteiger partial charge on any atom is -0.455 e. The number of ether oxygens (including phenoxy) is 2. The molecule has 0 bridgehead atoms. The molecule has 3 heterocycles. The van der Waals surface area contributed by atoms with Crippen LogP contribution < -0.4 is 0 Å². The molecule has 1 aromatic heterocycles. The highest BCUT2D eigenvalue weighted by molar-refractivity contribution is 7.08. The topological polar surface area (TPSA) is 55.9 Å². The monoisotopic (exact) mass is 306 g/mol. The fraction of sp³-hybridized carbons (Fsp3) is 0.625. The Hall–Kier alpha value is -1.20. The molecule has 1 aromatic rings. The van der Waals surface area contributed by atoms with Gasteiger partial charge in [-0.25, -0.2) is 4.79 Å². The molecule has 1 saturated carbocycles. The molecular weight excluding hydrogens is 288 g/mol. The molecule has 4 atom stereocenters. The maximum absolute atomic E-state index is 12.4. The van der Waals surface area contributed by atoms with Crippen LogP contribution in [0.2, 0.25) is 0 Å². The van der Waals surface area contributed by atoms with E-state index in [0.717, 1.165) is 5.56 Å². The maximum Gasteiger partial charge on any atom is 0.339 e. The molecule has 4 nitrogen and oxygen atoms in total. The summed E-state index contributed by atoms with van der Waals surface area (Å²) in [6, 6.07) is 1.99. The highest BCUT2D eigenvalue weighted by Gasteiger charge is 2.83. The first-order chi connectivity index (χ1) is 9.84. The molecule has 4 rings (SSSR count). The Kier molecular flexibility index (Phi) is 2.41. The van der Waals surface area contributed by atoms with Crippen molar-refractivity contribution in [2.45, 2.75) is 51.4 Å². The maximum atomic E-state index is 12.4. The molecule has 2 aliphatic heterocycles. The lowest BCUT2D eigenvalue weighted by atomic mass is 9.51. The number of ketones is 1. The van der Waals surface area contributed by atoms with Gasteiger partial charge in [0.15, 0.2) is 6.10 Å². The summed E-state index contributed by atoms with van der Waals surface area (Å²) in [5.74, 6) is -0.146. The van der Waals surface area contributed by atoms with Gasteiger partial charge in [0.2, 0.25) is 0 Å². The van der Waals surface area contributed by atoms with E-state index in [1.165, 1.54) is 0 Å². The molecule has 2 saturated heterocycles. The number of carbonyl (C=O) groups excluding carboxylic acids is 2. The zero-order chi connectivity index (χ0) is 15.0. The van der Waals surface area contributed by atoms with E-state index in [0.29, 0.717) is 12.8 Å². The van der Waals surface area contributed by atoms with Crippen molar-refractivity contribution in [2.24, 2.45) is 10.8 Å². The molecule has 112 valence electrons. The van der Waals surface area contributed by atoms with Crippen LogP contribution in [0.5, 0.6) is 0 Å². The van der Waals surface area contributed by atoms with E-state index in [1.54, 1.807) is 11.3 Å². The first-order valence-corrected chi connectivity index (χ1v) is 8.22. The van der Waals surface area contributed by atoms with E-state index in [1.807, 2.05) is 30.7 Å². The third kappa shape index (κ3) is 1.35. The number of hydrogen-bond donors (Lipinski definition) is 0. The van der Waals surface area contributed by atoms with Crippen LogP contribution in [0.1, 0.15) is 45.3 Å².